The first kappa shape index (κ1) is 9.19. The number of halogens is 1. The van der Waals surface area contributed by atoms with E-state index in [1.54, 1.807) is 0 Å². The number of aromatic nitrogens is 2. The van der Waals surface area contributed by atoms with Gasteiger partial charge in [-0.2, -0.15) is 0 Å². The highest BCUT2D eigenvalue weighted by Crippen LogP contribution is 2.42. The first-order chi connectivity index (χ1) is 7.10. The minimum atomic E-state index is -0.115. The number of nitrogens with zero attached hydrogens (tertiary/aromatic N) is 2. The molecule has 0 saturated heterocycles. The molecule has 4 heteroatoms. The zero-order valence-corrected chi connectivity index (χ0v) is 9.25. The lowest BCUT2D eigenvalue weighted by Gasteiger charge is -2.09. The van der Waals surface area contributed by atoms with Gasteiger partial charge in [-0.3, -0.25) is 4.40 Å². The molecular formula is C11H12ClN3. The second-order valence-corrected chi connectivity index (χ2v) is 4.65. The van der Waals surface area contributed by atoms with Crippen molar-refractivity contribution in [2.75, 3.05) is 0 Å². The summed E-state index contributed by atoms with van der Waals surface area (Å²) in [7, 11) is 0. The fourth-order valence-electron chi connectivity index (χ4n) is 1.85. The Labute approximate surface area is 92.9 Å². The molecule has 1 saturated carbocycles. The summed E-state index contributed by atoms with van der Waals surface area (Å²) < 4.78 is 1.90. The monoisotopic (exact) mass is 221 g/mol. The SMILES string of the molecule is Cc1nc2ccc(C3(N)CC3)cn2c1Cl. The molecule has 78 valence electrons. The Balaban J connectivity index is 2.25. The van der Waals surface area contributed by atoms with E-state index in [0.717, 1.165) is 29.7 Å². The van der Waals surface area contributed by atoms with Crippen molar-refractivity contribution in [1.82, 2.24) is 9.38 Å². The second-order valence-electron chi connectivity index (χ2n) is 4.29. The maximum Gasteiger partial charge on any atom is 0.138 e. The summed E-state index contributed by atoms with van der Waals surface area (Å²) in [6, 6.07) is 4.02. The van der Waals surface area contributed by atoms with Crippen LogP contribution in [0.1, 0.15) is 24.1 Å². The highest BCUT2D eigenvalue weighted by Gasteiger charge is 2.40. The normalized spacial score (nSPS) is 18.3. The van der Waals surface area contributed by atoms with Gasteiger partial charge in [-0.25, -0.2) is 4.98 Å². The zero-order chi connectivity index (χ0) is 10.6. The molecule has 2 heterocycles. The second kappa shape index (κ2) is 2.74. The fraction of sp³-hybridized carbons (Fsp3) is 0.364. The van der Waals surface area contributed by atoms with Gasteiger partial charge in [-0.15, -0.1) is 0 Å². The quantitative estimate of drug-likeness (QED) is 0.803. The summed E-state index contributed by atoms with van der Waals surface area (Å²) in [6.07, 6.45) is 4.12. The maximum atomic E-state index is 6.14. The van der Waals surface area contributed by atoms with E-state index in [1.807, 2.05) is 29.7 Å². The van der Waals surface area contributed by atoms with Gasteiger partial charge in [0.25, 0.3) is 0 Å². The third-order valence-corrected chi connectivity index (χ3v) is 3.54. The molecule has 0 spiro atoms. The number of imidazole rings is 1. The largest absolute Gasteiger partial charge is 0.321 e. The molecule has 2 N–H and O–H groups in total. The molecule has 1 fully saturated rings. The van der Waals surface area contributed by atoms with Crippen LogP contribution in [0, 0.1) is 6.92 Å². The Morgan fingerprint density at radius 2 is 2.20 bits per heavy atom. The van der Waals surface area contributed by atoms with Gasteiger partial charge in [0.1, 0.15) is 10.8 Å². The molecule has 1 aliphatic rings. The smallest absolute Gasteiger partial charge is 0.138 e. The van der Waals surface area contributed by atoms with Crippen LogP contribution in [-0.4, -0.2) is 9.38 Å². The summed E-state index contributed by atoms with van der Waals surface area (Å²) in [5.41, 5.74) is 8.91. The van der Waals surface area contributed by atoms with Crippen molar-refractivity contribution in [2.24, 2.45) is 5.73 Å². The van der Waals surface area contributed by atoms with E-state index in [1.165, 1.54) is 0 Å². The summed E-state index contributed by atoms with van der Waals surface area (Å²) in [6.45, 7) is 1.91. The van der Waals surface area contributed by atoms with Crippen molar-refractivity contribution in [1.29, 1.82) is 0 Å². The van der Waals surface area contributed by atoms with Crippen LogP contribution in [0.15, 0.2) is 18.3 Å². The molecule has 0 bridgehead atoms. The number of pyridine rings is 1. The average molecular weight is 222 g/mol. The lowest BCUT2D eigenvalue weighted by Crippen LogP contribution is -2.19. The van der Waals surface area contributed by atoms with Crippen molar-refractivity contribution in [2.45, 2.75) is 25.3 Å². The molecular weight excluding hydrogens is 210 g/mol. The fourth-order valence-corrected chi connectivity index (χ4v) is 2.03. The Kier molecular flexibility index (Phi) is 1.68. The maximum absolute atomic E-state index is 6.14. The standard InChI is InChI=1S/C11H12ClN3/c1-7-10(12)15-6-8(11(13)4-5-11)2-3-9(15)14-7/h2-3,6H,4-5,13H2,1H3. The van der Waals surface area contributed by atoms with Gasteiger partial charge in [0.05, 0.1) is 5.69 Å². The Morgan fingerprint density at radius 3 is 2.87 bits per heavy atom. The number of fused-ring (bicyclic) bond motifs is 1. The minimum Gasteiger partial charge on any atom is -0.321 e. The van der Waals surface area contributed by atoms with Crippen LogP contribution in [0.25, 0.3) is 5.65 Å². The first-order valence-electron chi connectivity index (χ1n) is 5.04. The highest BCUT2D eigenvalue weighted by atomic mass is 35.5. The molecule has 2 aromatic rings. The van der Waals surface area contributed by atoms with Crippen molar-refractivity contribution in [3.63, 3.8) is 0 Å². The predicted molar refractivity (Wildman–Crippen MR) is 60.0 cm³/mol. The van der Waals surface area contributed by atoms with Crippen LogP contribution >= 0.6 is 11.6 Å². The van der Waals surface area contributed by atoms with Gasteiger partial charge in [0, 0.05) is 11.7 Å². The number of rotatable bonds is 1. The van der Waals surface area contributed by atoms with Crippen molar-refractivity contribution < 1.29 is 0 Å². The first-order valence-corrected chi connectivity index (χ1v) is 5.41. The molecule has 0 unspecified atom stereocenters. The van der Waals surface area contributed by atoms with Gasteiger partial charge in [-0.05, 0) is 31.4 Å². The van der Waals surface area contributed by atoms with Crippen LogP contribution in [0.4, 0.5) is 0 Å². The van der Waals surface area contributed by atoms with E-state index in [2.05, 4.69) is 4.98 Å². The summed E-state index contributed by atoms with van der Waals surface area (Å²) >= 11 is 6.14. The highest BCUT2D eigenvalue weighted by molar-refractivity contribution is 6.30. The van der Waals surface area contributed by atoms with Gasteiger partial charge in [0.15, 0.2) is 0 Å². The number of aryl methyl sites for hydroxylation is 1. The molecule has 0 atom stereocenters. The average Bonchev–Trinajstić information content (AvgIpc) is 2.90. The number of hydrogen-bond donors (Lipinski definition) is 1. The van der Waals surface area contributed by atoms with Crippen LogP contribution in [0.5, 0.6) is 0 Å². The van der Waals surface area contributed by atoms with E-state index in [-0.39, 0.29) is 5.54 Å². The number of nitrogens with two attached hydrogens (primary N) is 1. The zero-order valence-electron chi connectivity index (χ0n) is 8.50. The van der Waals surface area contributed by atoms with Gasteiger partial charge in [0.2, 0.25) is 0 Å². The molecule has 0 radical (unpaired) electrons. The Hall–Kier alpha value is -1.06. The summed E-state index contributed by atoms with van der Waals surface area (Å²) in [5.74, 6) is 0. The molecule has 2 aromatic heterocycles. The van der Waals surface area contributed by atoms with E-state index >= 15 is 0 Å². The summed E-state index contributed by atoms with van der Waals surface area (Å²) in [5, 5.41) is 0.677. The predicted octanol–water partition coefficient (Wildman–Crippen LogP) is 2.24. The molecule has 0 aliphatic heterocycles. The van der Waals surface area contributed by atoms with Crippen LogP contribution in [0.2, 0.25) is 5.15 Å². The minimum absolute atomic E-state index is 0.115. The number of hydrogen-bond acceptors (Lipinski definition) is 2. The Bertz CT molecular complexity index is 540. The van der Waals surface area contributed by atoms with Crippen LogP contribution in [-0.2, 0) is 5.54 Å². The van der Waals surface area contributed by atoms with Crippen LogP contribution < -0.4 is 5.73 Å². The molecule has 3 rings (SSSR count). The summed E-state index contributed by atoms with van der Waals surface area (Å²) in [4.78, 5) is 4.35. The van der Waals surface area contributed by atoms with E-state index in [4.69, 9.17) is 17.3 Å². The molecule has 1 aliphatic carbocycles. The molecule has 0 amide bonds. The van der Waals surface area contributed by atoms with E-state index in [9.17, 15) is 0 Å². The van der Waals surface area contributed by atoms with Crippen LogP contribution in [0.3, 0.4) is 0 Å². The molecule has 3 nitrogen and oxygen atoms in total. The lowest BCUT2D eigenvalue weighted by atomic mass is 10.1. The Morgan fingerprint density at radius 1 is 1.47 bits per heavy atom. The topological polar surface area (TPSA) is 43.3 Å². The van der Waals surface area contributed by atoms with Crippen molar-refractivity contribution in [3.05, 3.63) is 34.7 Å². The van der Waals surface area contributed by atoms with Crippen molar-refractivity contribution in [3.8, 4) is 0 Å². The molecule has 0 aromatic carbocycles. The van der Waals surface area contributed by atoms with Gasteiger partial charge < -0.3 is 5.73 Å². The van der Waals surface area contributed by atoms with Crippen molar-refractivity contribution >= 4 is 17.2 Å². The third kappa shape index (κ3) is 1.27. The van der Waals surface area contributed by atoms with Gasteiger partial charge >= 0.3 is 0 Å². The van der Waals surface area contributed by atoms with E-state index < -0.39 is 0 Å². The lowest BCUT2D eigenvalue weighted by molar-refractivity contribution is 0.733. The van der Waals surface area contributed by atoms with Gasteiger partial charge in [-0.1, -0.05) is 17.7 Å². The molecule has 15 heavy (non-hydrogen) atoms. The third-order valence-electron chi connectivity index (χ3n) is 3.08. The van der Waals surface area contributed by atoms with E-state index in [0.29, 0.717) is 5.15 Å².